The molecule has 1 N–H and O–H groups in total. The molecule has 0 aliphatic heterocycles. The molecule has 1 nitrogen and oxygen atoms in total. The molecule has 20 heavy (non-hydrogen) atoms. The summed E-state index contributed by atoms with van der Waals surface area (Å²) in [5.41, 5.74) is 2.83. The summed E-state index contributed by atoms with van der Waals surface area (Å²) in [6.45, 7) is 2.25. The van der Waals surface area contributed by atoms with Crippen LogP contribution in [0.2, 0.25) is 0 Å². The number of benzene rings is 2. The molecule has 1 fully saturated rings. The van der Waals surface area contributed by atoms with E-state index in [-0.39, 0.29) is 0 Å². The van der Waals surface area contributed by atoms with Crippen molar-refractivity contribution < 1.29 is 0 Å². The molecule has 1 aliphatic carbocycles. The number of nitrogens with one attached hydrogen (secondary N) is 1. The van der Waals surface area contributed by atoms with E-state index >= 15 is 0 Å². The van der Waals surface area contributed by atoms with Gasteiger partial charge in [0.05, 0.1) is 0 Å². The van der Waals surface area contributed by atoms with Crippen LogP contribution in [-0.4, -0.2) is 6.04 Å². The van der Waals surface area contributed by atoms with Crippen LogP contribution in [0.5, 0.6) is 0 Å². The first kappa shape index (κ1) is 13.8. The lowest BCUT2D eigenvalue weighted by Crippen LogP contribution is -2.41. The quantitative estimate of drug-likeness (QED) is 0.827. The molecule has 0 bridgehead atoms. The molecule has 1 saturated carbocycles. The van der Waals surface area contributed by atoms with Gasteiger partial charge in [-0.1, -0.05) is 64.5 Å². The van der Waals surface area contributed by atoms with Crippen LogP contribution in [0.3, 0.4) is 0 Å². The van der Waals surface area contributed by atoms with Crippen LogP contribution >= 0.6 is 15.9 Å². The van der Waals surface area contributed by atoms with Crippen molar-refractivity contribution in [3.63, 3.8) is 0 Å². The second-order valence-electron chi connectivity index (χ2n) is 5.69. The Morgan fingerprint density at radius 1 is 1.00 bits per heavy atom. The van der Waals surface area contributed by atoms with E-state index in [2.05, 4.69) is 82.8 Å². The minimum Gasteiger partial charge on any atom is -0.307 e. The lowest BCUT2D eigenvalue weighted by atomic mass is 9.75. The molecule has 104 valence electrons. The molecule has 0 heterocycles. The van der Waals surface area contributed by atoms with Crippen LogP contribution in [0.1, 0.15) is 42.9 Å². The van der Waals surface area contributed by atoms with Crippen molar-refractivity contribution in [2.45, 2.75) is 37.8 Å². The van der Waals surface area contributed by atoms with E-state index in [1.165, 1.54) is 28.4 Å². The fourth-order valence-electron chi connectivity index (χ4n) is 3.02. The highest BCUT2D eigenvalue weighted by atomic mass is 79.9. The van der Waals surface area contributed by atoms with Crippen molar-refractivity contribution in [1.82, 2.24) is 5.32 Å². The Balaban J connectivity index is 1.55. The molecule has 2 aromatic carbocycles. The summed E-state index contributed by atoms with van der Waals surface area (Å²) in [5.74, 6) is 0.736. The monoisotopic (exact) mass is 329 g/mol. The Morgan fingerprint density at radius 2 is 1.65 bits per heavy atom. The number of hydrogen-bond acceptors (Lipinski definition) is 1. The van der Waals surface area contributed by atoms with Crippen molar-refractivity contribution in [2.24, 2.45) is 0 Å². The van der Waals surface area contributed by atoms with E-state index in [4.69, 9.17) is 0 Å². The summed E-state index contributed by atoms with van der Waals surface area (Å²) in [4.78, 5) is 0. The topological polar surface area (TPSA) is 12.0 Å². The van der Waals surface area contributed by atoms with Gasteiger partial charge in [0, 0.05) is 16.6 Å². The third-order valence-electron chi connectivity index (χ3n) is 4.27. The summed E-state index contributed by atoms with van der Waals surface area (Å²) in [7, 11) is 0. The molecule has 0 saturated heterocycles. The SMILES string of the molecule is CC(NC1CC(c2ccccc2)C1)c1ccccc1Br. The summed E-state index contributed by atoms with van der Waals surface area (Å²) in [5, 5.41) is 3.74. The van der Waals surface area contributed by atoms with Gasteiger partial charge in [0.25, 0.3) is 0 Å². The van der Waals surface area contributed by atoms with Gasteiger partial charge in [-0.3, -0.25) is 0 Å². The maximum Gasteiger partial charge on any atom is 0.0305 e. The lowest BCUT2D eigenvalue weighted by Gasteiger charge is -2.38. The van der Waals surface area contributed by atoms with Crippen molar-refractivity contribution in [1.29, 1.82) is 0 Å². The molecular formula is C18H20BrN. The fraction of sp³-hybridized carbons (Fsp3) is 0.333. The molecule has 2 aromatic rings. The van der Waals surface area contributed by atoms with Crippen molar-refractivity contribution in [2.75, 3.05) is 0 Å². The van der Waals surface area contributed by atoms with Crippen LogP contribution in [-0.2, 0) is 0 Å². The van der Waals surface area contributed by atoms with E-state index in [1.54, 1.807) is 0 Å². The predicted molar refractivity (Wildman–Crippen MR) is 87.9 cm³/mol. The van der Waals surface area contributed by atoms with Crippen LogP contribution in [0.15, 0.2) is 59.1 Å². The maximum absolute atomic E-state index is 3.74. The molecule has 2 heteroatoms. The van der Waals surface area contributed by atoms with Crippen molar-refractivity contribution >= 4 is 15.9 Å². The van der Waals surface area contributed by atoms with Crippen LogP contribution in [0.25, 0.3) is 0 Å². The summed E-state index contributed by atoms with van der Waals surface area (Å²) in [6.07, 6.45) is 2.50. The third kappa shape index (κ3) is 2.97. The molecule has 0 amide bonds. The highest BCUT2D eigenvalue weighted by Gasteiger charge is 2.31. The summed E-state index contributed by atoms with van der Waals surface area (Å²) < 4.78 is 1.19. The maximum atomic E-state index is 3.74. The van der Waals surface area contributed by atoms with Gasteiger partial charge in [-0.15, -0.1) is 0 Å². The zero-order valence-corrected chi connectivity index (χ0v) is 13.3. The van der Waals surface area contributed by atoms with Gasteiger partial charge in [0.1, 0.15) is 0 Å². The van der Waals surface area contributed by atoms with Crippen LogP contribution in [0, 0.1) is 0 Å². The van der Waals surface area contributed by atoms with Gasteiger partial charge >= 0.3 is 0 Å². The van der Waals surface area contributed by atoms with E-state index in [1.807, 2.05) is 0 Å². The van der Waals surface area contributed by atoms with E-state index in [9.17, 15) is 0 Å². The lowest BCUT2D eigenvalue weighted by molar-refractivity contribution is 0.270. The predicted octanol–water partition coefficient (Wildman–Crippen LogP) is 5.05. The van der Waals surface area contributed by atoms with Crippen LogP contribution < -0.4 is 5.32 Å². The van der Waals surface area contributed by atoms with E-state index < -0.39 is 0 Å². The first-order valence-corrected chi connectivity index (χ1v) is 8.09. The zero-order valence-electron chi connectivity index (χ0n) is 11.7. The number of hydrogen-bond donors (Lipinski definition) is 1. The highest BCUT2D eigenvalue weighted by Crippen LogP contribution is 2.38. The van der Waals surface area contributed by atoms with Gasteiger partial charge in [0.15, 0.2) is 0 Å². The Kier molecular flexibility index (Phi) is 4.23. The zero-order chi connectivity index (χ0) is 13.9. The minimum atomic E-state index is 0.396. The second kappa shape index (κ2) is 6.11. The van der Waals surface area contributed by atoms with Gasteiger partial charge in [0.2, 0.25) is 0 Å². The summed E-state index contributed by atoms with van der Waals surface area (Å²) >= 11 is 3.64. The highest BCUT2D eigenvalue weighted by molar-refractivity contribution is 9.10. The molecule has 3 rings (SSSR count). The first-order chi connectivity index (χ1) is 9.74. The van der Waals surface area contributed by atoms with E-state index in [0.29, 0.717) is 12.1 Å². The standard InChI is InChI=1S/C18H20BrN/c1-13(17-9-5-6-10-18(17)19)20-16-11-15(12-16)14-7-3-2-4-8-14/h2-10,13,15-16,20H,11-12H2,1H3. The Hall–Kier alpha value is -1.12. The number of rotatable bonds is 4. The molecule has 1 unspecified atom stereocenters. The minimum absolute atomic E-state index is 0.396. The Labute approximate surface area is 129 Å². The van der Waals surface area contributed by atoms with Gasteiger partial charge < -0.3 is 5.32 Å². The number of halogens is 1. The molecule has 1 atom stereocenters. The molecule has 0 spiro atoms. The molecular weight excluding hydrogens is 310 g/mol. The van der Waals surface area contributed by atoms with E-state index in [0.717, 1.165) is 5.92 Å². The van der Waals surface area contributed by atoms with Gasteiger partial charge in [-0.05, 0) is 42.9 Å². The van der Waals surface area contributed by atoms with Crippen molar-refractivity contribution in [3.8, 4) is 0 Å². The fourth-order valence-corrected chi connectivity index (χ4v) is 3.65. The van der Waals surface area contributed by atoms with Crippen molar-refractivity contribution in [3.05, 3.63) is 70.2 Å². The summed E-state index contributed by atoms with van der Waals surface area (Å²) in [6, 6.07) is 20.4. The van der Waals surface area contributed by atoms with Crippen LogP contribution in [0.4, 0.5) is 0 Å². The first-order valence-electron chi connectivity index (χ1n) is 7.29. The molecule has 0 aromatic heterocycles. The largest absolute Gasteiger partial charge is 0.307 e. The average molecular weight is 330 g/mol. The molecule has 1 aliphatic rings. The second-order valence-corrected chi connectivity index (χ2v) is 6.54. The Morgan fingerprint density at radius 3 is 2.35 bits per heavy atom. The third-order valence-corrected chi connectivity index (χ3v) is 4.99. The van der Waals surface area contributed by atoms with Gasteiger partial charge in [-0.25, -0.2) is 0 Å². The Bertz CT molecular complexity index is 561. The normalized spacial score (nSPS) is 23.1. The average Bonchev–Trinajstić information content (AvgIpc) is 2.43. The smallest absolute Gasteiger partial charge is 0.0305 e. The molecule has 0 radical (unpaired) electrons. The van der Waals surface area contributed by atoms with Gasteiger partial charge in [-0.2, -0.15) is 0 Å².